The van der Waals surface area contributed by atoms with Crippen LogP contribution in [0.2, 0.25) is 5.02 Å². The minimum atomic E-state index is -1.12. The van der Waals surface area contributed by atoms with E-state index in [1.54, 1.807) is 19.1 Å². The Labute approximate surface area is 129 Å². The van der Waals surface area contributed by atoms with E-state index in [2.05, 4.69) is 21.2 Å². The van der Waals surface area contributed by atoms with E-state index in [1.807, 2.05) is 0 Å². The molecule has 7 heteroatoms. The Morgan fingerprint density at radius 1 is 1.50 bits per heavy atom. The molecule has 0 aromatic heterocycles. The molecule has 5 nitrogen and oxygen atoms in total. The van der Waals surface area contributed by atoms with Gasteiger partial charge in [-0.2, -0.15) is 0 Å². The smallest absolute Gasteiger partial charge is 0.313 e. The summed E-state index contributed by atoms with van der Waals surface area (Å²) < 4.78 is 5.87. The van der Waals surface area contributed by atoms with Crippen molar-refractivity contribution in [3.05, 3.63) is 33.3 Å². The fourth-order valence-electron chi connectivity index (χ4n) is 2.01. The van der Waals surface area contributed by atoms with Crippen LogP contribution in [0.3, 0.4) is 0 Å². The highest BCUT2D eigenvalue weighted by atomic mass is 79.9. The van der Waals surface area contributed by atoms with Gasteiger partial charge in [0.15, 0.2) is 0 Å². The number of hydrogen-bond donors (Lipinski definition) is 2. The third kappa shape index (κ3) is 2.97. The van der Waals surface area contributed by atoms with E-state index in [0.717, 1.165) is 0 Å². The van der Waals surface area contributed by atoms with Gasteiger partial charge in [0.1, 0.15) is 5.41 Å². The van der Waals surface area contributed by atoms with Gasteiger partial charge in [0.25, 0.3) is 5.91 Å². The molecule has 0 saturated carbocycles. The van der Waals surface area contributed by atoms with E-state index in [9.17, 15) is 14.7 Å². The molecule has 2 N–H and O–H groups in total. The van der Waals surface area contributed by atoms with Crippen LogP contribution < -0.4 is 5.32 Å². The van der Waals surface area contributed by atoms with E-state index < -0.39 is 17.4 Å². The summed E-state index contributed by atoms with van der Waals surface area (Å²) in [6.07, 6.45) is 0. The molecule has 1 aromatic carbocycles. The van der Waals surface area contributed by atoms with Crippen LogP contribution in [-0.4, -0.2) is 36.2 Å². The lowest BCUT2D eigenvalue weighted by Crippen LogP contribution is -2.49. The van der Waals surface area contributed by atoms with E-state index in [0.29, 0.717) is 15.1 Å². The van der Waals surface area contributed by atoms with Gasteiger partial charge in [-0.25, -0.2) is 0 Å². The number of rotatable bonds is 3. The minimum Gasteiger partial charge on any atom is -0.481 e. The SMILES string of the molecule is CC1(C(=O)O)COCC1NC(=O)c1cc(Cl)cc(Br)c1. The van der Waals surface area contributed by atoms with Gasteiger partial charge < -0.3 is 15.2 Å². The largest absolute Gasteiger partial charge is 0.481 e. The molecule has 0 bridgehead atoms. The number of halogens is 2. The number of nitrogens with one attached hydrogen (secondary N) is 1. The van der Waals surface area contributed by atoms with E-state index in [1.165, 1.54) is 6.07 Å². The highest BCUT2D eigenvalue weighted by molar-refractivity contribution is 9.10. The Bertz CT molecular complexity index is 545. The molecule has 2 atom stereocenters. The third-order valence-electron chi connectivity index (χ3n) is 3.37. The summed E-state index contributed by atoms with van der Waals surface area (Å²) in [5.41, 5.74) is -0.755. The van der Waals surface area contributed by atoms with Crippen LogP contribution in [0.1, 0.15) is 17.3 Å². The molecule has 2 unspecified atom stereocenters. The minimum absolute atomic E-state index is 0.0759. The first-order valence-electron chi connectivity index (χ1n) is 5.91. The predicted octanol–water partition coefficient (Wildman–Crippen LogP) is 2.32. The van der Waals surface area contributed by atoms with Crippen molar-refractivity contribution in [2.75, 3.05) is 13.2 Å². The lowest BCUT2D eigenvalue weighted by Gasteiger charge is -2.25. The van der Waals surface area contributed by atoms with Crippen molar-refractivity contribution in [2.24, 2.45) is 5.41 Å². The molecular weight excluding hydrogens is 350 g/mol. The number of benzene rings is 1. The quantitative estimate of drug-likeness (QED) is 0.865. The molecule has 20 heavy (non-hydrogen) atoms. The number of amides is 1. The lowest BCUT2D eigenvalue weighted by molar-refractivity contribution is -0.148. The summed E-state index contributed by atoms with van der Waals surface area (Å²) in [5.74, 6) is -1.37. The topological polar surface area (TPSA) is 75.6 Å². The highest BCUT2D eigenvalue weighted by Crippen LogP contribution is 2.29. The zero-order chi connectivity index (χ0) is 14.9. The maximum atomic E-state index is 12.2. The van der Waals surface area contributed by atoms with Crippen molar-refractivity contribution in [3.8, 4) is 0 Å². The summed E-state index contributed by atoms with van der Waals surface area (Å²) in [6.45, 7) is 1.81. The zero-order valence-corrected chi connectivity index (χ0v) is 13.0. The molecule has 1 aliphatic heterocycles. The molecule has 0 spiro atoms. The van der Waals surface area contributed by atoms with Crippen LogP contribution in [0, 0.1) is 5.41 Å². The highest BCUT2D eigenvalue weighted by Gasteiger charge is 2.47. The van der Waals surface area contributed by atoms with Crippen molar-refractivity contribution < 1.29 is 19.4 Å². The Kier molecular flexibility index (Phi) is 4.36. The van der Waals surface area contributed by atoms with Crippen molar-refractivity contribution in [1.82, 2.24) is 5.32 Å². The van der Waals surface area contributed by atoms with Gasteiger partial charge in [0.2, 0.25) is 0 Å². The molecule has 1 saturated heterocycles. The average molecular weight is 363 g/mol. The summed E-state index contributed by atoms with van der Waals surface area (Å²) in [5, 5.41) is 12.4. The Hall–Kier alpha value is -1.11. The summed E-state index contributed by atoms with van der Waals surface area (Å²) in [4.78, 5) is 23.5. The Balaban J connectivity index is 2.17. The number of carbonyl (C=O) groups excluding carboxylic acids is 1. The average Bonchev–Trinajstić information content (AvgIpc) is 2.71. The molecular formula is C13H13BrClNO4. The number of carboxylic acid groups (broad SMARTS) is 1. The Morgan fingerprint density at radius 3 is 2.80 bits per heavy atom. The van der Waals surface area contributed by atoms with Gasteiger partial charge in [0, 0.05) is 15.1 Å². The van der Waals surface area contributed by atoms with Gasteiger partial charge in [0.05, 0.1) is 19.3 Å². The monoisotopic (exact) mass is 361 g/mol. The van der Waals surface area contributed by atoms with Crippen LogP contribution in [0.15, 0.2) is 22.7 Å². The van der Waals surface area contributed by atoms with Crippen LogP contribution >= 0.6 is 27.5 Å². The summed E-state index contributed by atoms with van der Waals surface area (Å²) in [6, 6.07) is 4.23. The van der Waals surface area contributed by atoms with Crippen LogP contribution in [0.5, 0.6) is 0 Å². The molecule has 1 heterocycles. The standard InChI is InChI=1S/C13H13BrClNO4/c1-13(12(18)19)6-20-5-10(13)16-11(17)7-2-8(14)4-9(15)3-7/h2-4,10H,5-6H2,1H3,(H,16,17)(H,18,19). The molecule has 1 fully saturated rings. The summed E-state index contributed by atoms with van der Waals surface area (Å²) in [7, 11) is 0. The fourth-order valence-corrected chi connectivity index (χ4v) is 2.87. The first-order valence-corrected chi connectivity index (χ1v) is 7.08. The number of ether oxygens (including phenoxy) is 1. The number of hydrogen-bond acceptors (Lipinski definition) is 3. The first kappa shape index (κ1) is 15.3. The fraction of sp³-hybridized carbons (Fsp3) is 0.385. The number of carbonyl (C=O) groups is 2. The third-order valence-corrected chi connectivity index (χ3v) is 4.05. The van der Waals surface area contributed by atoms with E-state index >= 15 is 0 Å². The maximum Gasteiger partial charge on any atom is 0.313 e. The normalized spacial score (nSPS) is 25.4. The van der Waals surface area contributed by atoms with Crippen LogP contribution in [0.4, 0.5) is 0 Å². The maximum absolute atomic E-state index is 12.2. The van der Waals surface area contributed by atoms with Gasteiger partial charge in [-0.15, -0.1) is 0 Å². The lowest BCUT2D eigenvalue weighted by atomic mass is 9.85. The Morgan fingerprint density at radius 2 is 2.20 bits per heavy atom. The predicted molar refractivity (Wildman–Crippen MR) is 77.0 cm³/mol. The van der Waals surface area contributed by atoms with Gasteiger partial charge in [-0.3, -0.25) is 9.59 Å². The van der Waals surface area contributed by atoms with Crippen LogP contribution in [0.25, 0.3) is 0 Å². The van der Waals surface area contributed by atoms with Gasteiger partial charge in [-0.05, 0) is 25.1 Å². The molecule has 1 aliphatic rings. The second kappa shape index (κ2) is 5.71. The van der Waals surface area contributed by atoms with Crippen molar-refractivity contribution in [1.29, 1.82) is 0 Å². The molecule has 108 valence electrons. The molecule has 2 rings (SSSR count). The van der Waals surface area contributed by atoms with Crippen molar-refractivity contribution in [2.45, 2.75) is 13.0 Å². The van der Waals surface area contributed by atoms with Crippen molar-refractivity contribution in [3.63, 3.8) is 0 Å². The number of aliphatic carboxylic acids is 1. The van der Waals surface area contributed by atoms with E-state index in [-0.39, 0.29) is 19.1 Å². The van der Waals surface area contributed by atoms with E-state index in [4.69, 9.17) is 16.3 Å². The van der Waals surface area contributed by atoms with Crippen LogP contribution in [-0.2, 0) is 9.53 Å². The van der Waals surface area contributed by atoms with Gasteiger partial charge >= 0.3 is 5.97 Å². The number of carboxylic acids is 1. The van der Waals surface area contributed by atoms with Gasteiger partial charge in [-0.1, -0.05) is 27.5 Å². The molecule has 0 aliphatic carbocycles. The first-order chi connectivity index (χ1) is 9.33. The molecule has 1 aromatic rings. The molecule has 1 amide bonds. The molecule has 0 radical (unpaired) electrons. The summed E-state index contributed by atoms with van der Waals surface area (Å²) >= 11 is 9.14. The second-order valence-corrected chi connectivity index (χ2v) is 6.27. The zero-order valence-electron chi connectivity index (χ0n) is 10.7. The van der Waals surface area contributed by atoms with Crippen molar-refractivity contribution >= 4 is 39.4 Å². The second-order valence-electron chi connectivity index (χ2n) is 4.92.